The van der Waals surface area contributed by atoms with Crippen LogP contribution in [0.5, 0.6) is 5.88 Å². The van der Waals surface area contributed by atoms with Gasteiger partial charge in [0.2, 0.25) is 5.88 Å². The fourth-order valence-electron chi connectivity index (χ4n) is 4.59. The maximum absolute atomic E-state index is 12.4. The smallest absolute Gasteiger partial charge is 0.390 e. The van der Waals surface area contributed by atoms with Crippen LogP contribution < -0.4 is 15.4 Å². The van der Waals surface area contributed by atoms with E-state index in [-0.39, 0.29) is 25.2 Å². The number of alkyl halides is 3. The lowest BCUT2D eigenvalue weighted by molar-refractivity contribution is -0.133. The van der Waals surface area contributed by atoms with E-state index in [2.05, 4.69) is 31.7 Å². The normalized spacial score (nSPS) is 21.7. The first-order valence-corrected chi connectivity index (χ1v) is 12.8. The minimum absolute atomic E-state index is 0.0515. The molecular weight excluding hydrogens is 509 g/mol. The van der Waals surface area contributed by atoms with Gasteiger partial charge in [0.25, 0.3) is 0 Å². The van der Waals surface area contributed by atoms with Crippen LogP contribution in [-0.4, -0.2) is 59.6 Å². The van der Waals surface area contributed by atoms with Gasteiger partial charge >= 0.3 is 6.18 Å². The fraction of sp³-hybridized carbons (Fsp3) is 0.600. The summed E-state index contributed by atoms with van der Waals surface area (Å²) in [5, 5.41) is 16.5. The molecule has 3 heterocycles. The number of hydrogen-bond donors (Lipinski definition) is 2. The van der Waals surface area contributed by atoms with Crippen molar-refractivity contribution in [1.82, 2.24) is 20.3 Å². The highest BCUT2D eigenvalue weighted by Gasteiger charge is 2.34. The molecule has 0 unspecified atom stereocenters. The summed E-state index contributed by atoms with van der Waals surface area (Å²) in [6.45, 7) is 1.21. The molecule has 8 nitrogen and oxygen atoms in total. The molecule has 0 radical (unpaired) electrons. The molecule has 200 valence electrons. The number of nitrogens with zero attached hydrogens (tertiary/aromatic N) is 4. The van der Waals surface area contributed by atoms with Gasteiger partial charge in [-0.1, -0.05) is 11.6 Å². The van der Waals surface area contributed by atoms with Crippen molar-refractivity contribution in [3.63, 3.8) is 0 Å². The highest BCUT2D eigenvalue weighted by atomic mass is 35.5. The summed E-state index contributed by atoms with van der Waals surface area (Å²) in [4.78, 5) is 13.2. The van der Waals surface area contributed by atoms with Crippen molar-refractivity contribution in [1.29, 1.82) is 5.26 Å². The third-order valence-corrected chi connectivity index (χ3v) is 7.15. The van der Waals surface area contributed by atoms with E-state index in [0.29, 0.717) is 54.0 Å². The average molecular weight is 539 g/mol. The Balaban J connectivity index is 1.34. The first-order chi connectivity index (χ1) is 17.8. The average Bonchev–Trinajstić information content (AvgIpc) is 2.90. The maximum Gasteiger partial charge on any atom is 0.390 e. The predicted octanol–water partition coefficient (Wildman–Crippen LogP) is 5.16. The van der Waals surface area contributed by atoms with E-state index in [1.54, 1.807) is 18.5 Å². The van der Waals surface area contributed by atoms with Crippen molar-refractivity contribution >= 4 is 17.4 Å². The molecule has 2 N–H and O–H groups in total. The lowest BCUT2D eigenvalue weighted by atomic mass is 9.83. The second-order valence-electron chi connectivity index (χ2n) is 9.60. The van der Waals surface area contributed by atoms with E-state index in [4.69, 9.17) is 21.1 Å². The number of ether oxygens (including phenoxy) is 2. The maximum atomic E-state index is 12.4. The second kappa shape index (κ2) is 12.2. The van der Waals surface area contributed by atoms with Gasteiger partial charge in [0, 0.05) is 43.6 Å². The van der Waals surface area contributed by atoms with Gasteiger partial charge in [-0.2, -0.15) is 18.4 Å². The molecule has 12 heteroatoms. The minimum atomic E-state index is -4.14. The van der Waals surface area contributed by atoms with E-state index >= 15 is 0 Å². The molecule has 2 aromatic heterocycles. The number of hydrogen-bond acceptors (Lipinski definition) is 8. The third kappa shape index (κ3) is 7.90. The number of anilines is 1. The fourth-order valence-corrected chi connectivity index (χ4v) is 4.79. The number of nitriles is 1. The van der Waals surface area contributed by atoms with Crippen LogP contribution in [0.2, 0.25) is 5.02 Å². The lowest BCUT2D eigenvalue weighted by Gasteiger charge is -2.30. The molecule has 0 bridgehead atoms. The van der Waals surface area contributed by atoms with Gasteiger partial charge in [-0.3, -0.25) is 4.98 Å². The Labute approximate surface area is 218 Å². The topological polar surface area (TPSA) is 105 Å². The Bertz CT molecular complexity index is 1080. The largest absolute Gasteiger partial charge is 0.475 e. The first kappa shape index (κ1) is 27.4. The molecule has 2 fully saturated rings. The highest BCUT2D eigenvalue weighted by Crippen LogP contribution is 2.32. The van der Waals surface area contributed by atoms with Crippen LogP contribution in [0, 0.1) is 16.7 Å². The summed E-state index contributed by atoms with van der Waals surface area (Å²) in [6, 6.07) is 4.42. The van der Waals surface area contributed by atoms with Gasteiger partial charge in [-0.25, -0.2) is 9.97 Å². The molecule has 2 aromatic rings. The highest BCUT2D eigenvalue weighted by molar-refractivity contribution is 6.33. The Morgan fingerprint density at radius 1 is 1.14 bits per heavy atom. The van der Waals surface area contributed by atoms with E-state index < -0.39 is 18.0 Å². The Kier molecular flexibility index (Phi) is 9.05. The molecular formula is C25H30ClF3N6O2. The monoisotopic (exact) mass is 538 g/mol. The van der Waals surface area contributed by atoms with Crippen molar-refractivity contribution in [2.24, 2.45) is 5.41 Å². The minimum Gasteiger partial charge on any atom is -0.475 e. The number of nitrogens with one attached hydrogen (secondary N) is 2. The van der Waals surface area contributed by atoms with Gasteiger partial charge in [-0.15, -0.1) is 0 Å². The summed E-state index contributed by atoms with van der Waals surface area (Å²) >= 11 is 6.42. The zero-order chi connectivity index (χ0) is 26.3. The summed E-state index contributed by atoms with van der Waals surface area (Å²) in [6.07, 6.45) is 4.11. The summed E-state index contributed by atoms with van der Waals surface area (Å²) in [5.41, 5.74) is 0.554. The second-order valence-corrected chi connectivity index (χ2v) is 10.0. The zero-order valence-corrected chi connectivity index (χ0v) is 21.1. The van der Waals surface area contributed by atoms with Crippen LogP contribution >= 0.6 is 11.6 Å². The van der Waals surface area contributed by atoms with Crippen LogP contribution in [0.25, 0.3) is 11.3 Å². The Hall–Kier alpha value is -2.68. The number of aromatic nitrogens is 3. The van der Waals surface area contributed by atoms with Gasteiger partial charge < -0.3 is 20.1 Å². The number of rotatable bonds is 9. The van der Waals surface area contributed by atoms with Crippen molar-refractivity contribution < 1.29 is 22.6 Å². The third-order valence-electron chi connectivity index (χ3n) is 6.85. The Morgan fingerprint density at radius 2 is 1.86 bits per heavy atom. The quantitative estimate of drug-likeness (QED) is 0.451. The number of pyridine rings is 1. The molecule has 2 aliphatic rings. The van der Waals surface area contributed by atoms with Gasteiger partial charge in [0.15, 0.2) is 0 Å². The molecule has 0 aromatic carbocycles. The van der Waals surface area contributed by atoms with Gasteiger partial charge in [-0.05, 0) is 44.6 Å². The SMILES string of the molecule is N#CC1(COc2cncc(-c3cc(N[C@H]4CC[C@H](NCCC(F)(F)F)CC4)ncc3Cl)n2)CCOCC1. The molecule has 1 saturated heterocycles. The molecule has 4 rings (SSSR count). The summed E-state index contributed by atoms with van der Waals surface area (Å²) < 4.78 is 48.3. The van der Waals surface area contributed by atoms with E-state index in [9.17, 15) is 18.4 Å². The van der Waals surface area contributed by atoms with Crippen LogP contribution in [-0.2, 0) is 4.74 Å². The lowest BCUT2D eigenvalue weighted by Crippen LogP contribution is -2.38. The molecule has 0 spiro atoms. The van der Waals surface area contributed by atoms with Crippen LogP contribution in [0.4, 0.5) is 19.0 Å². The Morgan fingerprint density at radius 3 is 2.57 bits per heavy atom. The van der Waals surface area contributed by atoms with Crippen molar-refractivity contribution in [3.8, 4) is 23.2 Å². The van der Waals surface area contributed by atoms with Gasteiger partial charge in [0.05, 0.1) is 41.0 Å². The van der Waals surface area contributed by atoms with Crippen LogP contribution in [0.15, 0.2) is 24.7 Å². The van der Waals surface area contributed by atoms with Crippen LogP contribution in [0.3, 0.4) is 0 Å². The van der Waals surface area contributed by atoms with Crippen molar-refractivity contribution in [2.45, 2.75) is 63.2 Å². The van der Waals surface area contributed by atoms with E-state index in [1.165, 1.54) is 6.20 Å². The van der Waals surface area contributed by atoms with Crippen LogP contribution in [0.1, 0.15) is 44.9 Å². The standard InChI is InChI=1S/C25H30ClF3N6O2/c26-20-12-33-22(34-18-3-1-17(2-4-18)32-8-5-25(27,28)29)11-19(20)21-13-31-14-23(35-21)37-16-24(15-30)6-9-36-10-7-24/h11-14,17-18,32H,1-10,16H2,(H,33,34)/t17-,18-. The molecule has 1 saturated carbocycles. The van der Waals surface area contributed by atoms with Crippen molar-refractivity contribution in [2.75, 3.05) is 31.7 Å². The molecule has 37 heavy (non-hydrogen) atoms. The summed E-state index contributed by atoms with van der Waals surface area (Å²) in [5.74, 6) is 0.934. The molecule has 1 aliphatic carbocycles. The van der Waals surface area contributed by atoms with E-state index in [1.807, 2.05) is 0 Å². The number of halogens is 4. The van der Waals surface area contributed by atoms with E-state index in [0.717, 1.165) is 25.7 Å². The molecule has 1 aliphatic heterocycles. The predicted molar refractivity (Wildman–Crippen MR) is 132 cm³/mol. The summed E-state index contributed by atoms with van der Waals surface area (Å²) in [7, 11) is 0. The molecule has 0 atom stereocenters. The first-order valence-electron chi connectivity index (χ1n) is 12.4. The van der Waals surface area contributed by atoms with Gasteiger partial charge in [0.1, 0.15) is 12.4 Å². The zero-order valence-electron chi connectivity index (χ0n) is 20.4. The van der Waals surface area contributed by atoms with Crippen molar-refractivity contribution in [3.05, 3.63) is 29.7 Å². The molecule has 0 amide bonds.